The maximum absolute atomic E-state index is 10.7. The lowest BCUT2D eigenvalue weighted by atomic mass is 9.78. The van der Waals surface area contributed by atoms with E-state index in [9.17, 15) is 19.8 Å². The summed E-state index contributed by atoms with van der Waals surface area (Å²) in [4.78, 5) is 41.9. The molecule has 0 amide bonds. The predicted molar refractivity (Wildman–Crippen MR) is 141 cm³/mol. The molecule has 1 unspecified atom stereocenters. The Kier molecular flexibility index (Phi) is 14.3. The first-order chi connectivity index (χ1) is 17.3. The number of phenolic OH excluding ortho intramolecular Hbond substituents is 2. The van der Waals surface area contributed by atoms with Gasteiger partial charge in [0.2, 0.25) is 0 Å². The summed E-state index contributed by atoms with van der Waals surface area (Å²) in [5.74, 6) is -0.726. The number of aromatic hydroxyl groups is 2. The first-order valence-electron chi connectivity index (χ1n) is 11.0. The molecule has 1 aliphatic rings. The lowest BCUT2D eigenvalue weighted by Crippen LogP contribution is -2.18. The van der Waals surface area contributed by atoms with E-state index in [0.717, 1.165) is 11.1 Å². The van der Waals surface area contributed by atoms with E-state index in [-0.39, 0.29) is 34.6 Å². The van der Waals surface area contributed by atoms with E-state index in [1.807, 2.05) is 24.3 Å². The highest BCUT2D eigenvalue weighted by atomic mass is 31.2. The number of rotatable bonds is 6. The highest BCUT2D eigenvalue weighted by Crippen LogP contribution is 2.32. The standard InChI is InChI=1S/C15H16O2.C7H10O3.C4H6O2.H3O4P/c1-15(2,11-3-7-13(16)8-4-11)12-5-9-14(17)10-6-12;1-5(2)7(8)10-4-6-3-9-6;1-3(2)4(5)6;1-5(2,3)4/h3-10,16-17H,1-2H3;6H,1,3-4H2,2H3;1H2,2H3,(H,5,6);(H3,1,2,3,4). The van der Waals surface area contributed by atoms with Crippen LogP contribution in [0, 0.1) is 0 Å². The van der Waals surface area contributed by atoms with Crippen molar-refractivity contribution in [2.45, 2.75) is 39.2 Å². The van der Waals surface area contributed by atoms with E-state index in [0.29, 0.717) is 18.8 Å². The molecule has 11 nitrogen and oxygen atoms in total. The highest BCUT2D eigenvalue weighted by Gasteiger charge is 2.24. The van der Waals surface area contributed by atoms with Crippen LogP contribution in [-0.4, -0.2) is 61.3 Å². The maximum Gasteiger partial charge on any atom is 0.466 e. The maximum atomic E-state index is 10.7. The Labute approximate surface area is 221 Å². The van der Waals surface area contributed by atoms with Gasteiger partial charge in [-0.2, -0.15) is 0 Å². The Morgan fingerprint density at radius 3 is 1.47 bits per heavy atom. The van der Waals surface area contributed by atoms with Gasteiger partial charge in [0.05, 0.1) is 6.61 Å². The van der Waals surface area contributed by atoms with E-state index < -0.39 is 13.8 Å². The fourth-order valence-corrected chi connectivity index (χ4v) is 2.38. The van der Waals surface area contributed by atoms with Crippen LogP contribution in [0.2, 0.25) is 0 Å². The van der Waals surface area contributed by atoms with Crippen LogP contribution in [0.3, 0.4) is 0 Å². The molecule has 0 spiro atoms. The van der Waals surface area contributed by atoms with Crippen LogP contribution in [0.15, 0.2) is 72.8 Å². The Hall–Kier alpha value is -3.47. The number of ether oxygens (including phenoxy) is 2. The third-order valence-corrected chi connectivity index (χ3v) is 4.69. The van der Waals surface area contributed by atoms with E-state index in [4.69, 9.17) is 33.8 Å². The molecule has 0 bridgehead atoms. The number of carboxylic acid groups (broad SMARTS) is 1. The molecule has 38 heavy (non-hydrogen) atoms. The molecule has 2 aromatic rings. The number of benzene rings is 2. The third-order valence-electron chi connectivity index (χ3n) is 4.69. The van der Waals surface area contributed by atoms with Crippen molar-refractivity contribution in [3.05, 3.63) is 84.0 Å². The molecule has 0 saturated carbocycles. The minimum Gasteiger partial charge on any atom is -0.508 e. The van der Waals surface area contributed by atoms with Crippen molar-refractivity contribution >= 4 is 19.8 Å². The first kappa shape index (κ1) is 34.5. The zero-order chi connectivity index (χ0) is 29.7. The van der Waals surface area contributed by atoms with Crippen LogP contribution >= 0.6 is 7.82 Å². The zero-order valence-corrected chi connectivity index (χ0v) is 22.6. The molecule has 3 rings (SSSR count). The summed E-state index contributed by atoms with van der Waals surface area (Å²) in [5.41, 5.74) is 2.71. The van der Waals surface area contributed by atoms with Crippen LogP contribution in [0.4, 0.5) is 0 Å². The number of hydrogen-bond donors (Lipinski definition) is 6. The molecule has 0 aromatic heterocycles. The van der Waals surface area contributed by atoms with Crippen molar-refractivity contribution in [3.8, 4) is 11.5 Å². The summed E-state index contributed by atoms with van der Waals surface area (Å²) in [6.45, 7) is 15.0. The average Bonchev–Trinajstić information content (AvgIpc) is 3.62. The predicted octanol–water partition coefficient (Wildman–Crippen LogP) is 3.65. The number of phosphoric acid groups is 1. The summed E-state index contributed by atoms with van der Waals surface area (Å²) in [6.07, 6.45) is 0.142. The largest absolute Gasteiger partial charge is 0.508 e. The van der Waals surface area contributed by atoms with Crippen molar-refractivity contribution in [1.82, 2.24) is 0 Å². The molecule has 1 fully saturated rings. The number of aliphatic carboxylic acids is 1. The second kappa shape index (κ2) is 15.7. The summed E-state index contributed by atoms with van der Waals surface area (Å²) in [7, 11) is -4.64. The molecule has 1 saturated heterocycles. The quantitative estimate of drug-likeness (QED) is 0.132. The monoisotopic (exact) mass is 554 g/mol. The minimum atomic E-state index is -4.64. The second-order valence-corrected chi connectivity index (χ2v) is 9.68. The van der Waals surface area contributed by atoms with Gasteiger partial charge in [0.1, 0.15) is 24.2 Å². The van der Waals surface area contributed by atoms with Crippen molar-refractivity contribution in [1.29, 1.82) is 0 Å². The molecule has 210 valence electrons. The molecule has 0 aliphatic carbocycles. The second-order valence-electron chi connectivity index (χ2n) is 8.65. The van der Waals surface area contributed by atoms with Gasteiger partial charge in [-0.15, -0.1) is 0 Å². The first-order valence-corrected chi connectivity index (χ1v) is 12.6. The number of esters is 1. The zero-order valence-electron chi connectivity index (χ0n) is 21.7. The van der Waals surface area contributed by atoms with Gasteiger partial charge >= 0.3 is 19.8 Å². The molecule has 6 N–H and O–H groups in total. The highest BCUT2D eigenvalue weighted by molar-refractivity contribution is 7.45. The lowest BCUT2D eigenvalue weighted by Gasteiger charge is -2.26. The number of epoxide rings is 1. The van der Waals surface area contributed by atoms with Crippen LogP contribution in [0.5, 0.6) is 11.5 Å². The summed E-state index contributed by atoms with van der Waals surface area (Å²) >= 11 is 0. The Morgan fingerprint density at radius 2 is 1.24 bits per heavy atom. The van der Waals surface area contributed by atoms with E-state index in [1.54, 1.807) is 31.2 Å². The molecule has 2 aromatic carbocycles. The van der Waals surface area contributed by atoms with Crippen LogP contribution in [0.1, 0.15) is 38.8 Å². The van der Waals surface area contributed by atoms with Gasteiger partial charge in [-0.05, 0) is 49.2 Å². The Balaban J connectivity index is 0.000000552. The number of hydrogen-bond acceptors (Lipinski definition) is 7. The molecule has 1 atom stereocenters. The van der Waals surface area contributed by atoms with Gasteiger partial charge in [-0.3, -0.25) is 0 Å². The molecule has 1 aliphatic heterocycles. The molecule has 1 heterocycles. The van der Waals surface area contributed by atoms with Crippen molar-refractivity contribution in [2.75, 3.05) is 13.2 Å². The lowest BCUT2D eigenvalue weighted by molar-refractivity contribution is -0.139. The normalized spacial score (nSPS) is 13.6. The molecule has 12 heteroatoms. The number of carbonyl (C=O) groups is 2. The molecular weight excluding hydrogens is 519 g/mol. The van der Waals surface area contributed by atoms with Gasteiger partial charge in [0.15, 0.2) is 0 Å². The smallest absolute Gasteiger partial charge is 0.466 e. The summed E-state index contributed by atoms with van der Waals surface area (Å²) in [5, 5.41) is 26.5. The van der Waals surface area contributed by atoms with Crippen molar-refractivity contribution < 1.29 is 53.6 Å². The number of carboxylic acids is 1. The van der Waals surface area contributed by atoms with Gasteiger partial charge < -0.3 is 39.5 Å². The fourth-order valence-electron chi connectivity index (χ4n) is 2.38. The average molecular weight is 555 g/mol. The van der Waals surface area contributed by atoms with E-state index in [2.05, 4.69) is 27.0 Å². The van der Waals surface area contributed by atoms with E-state index in [1.165, 1.54) is 6.92 Å². The summed E-state index contributed by atoms with van der Waals surface area (Å²) < 4.78 is 18.5. The number of carbonyl (C=O) groups excluding carboxylic acids is 1. The minimum absolute atomic E-state index is 0.142. The Bertz CT molecular complexity index is 1050. The summed E-state index contributed by atoms with van der Waals surface area (Å²) in [6, 6.07) is 14.4. The van der Waals surface area contributed by atoms with Gasteiger partial charge in [-0.1, -0.05) is 51.3 Å². The van der Waals surface area contributed by atoms with Gasteiger partial charge in [0.25, 0.3) is 0 Å². The van der Waals surface area contributed by atoms with Crippen LogP contribution in [-0.2, 0) is 29.0 Å². The molecule has 0 radical (unpaired) electrons. The van der Waals surface area contributed by atoms with Crippen molar-refractivity contribution in [3.63, 3.8) is 0 Å². The SMILES string of the molecule is C=C(C)C(=O)O.C=C(C)C(=O)OCC1CO1.CC(C)(c1ccc(O)cc1)c1ccc(O)cc1.O=P(O)(O)O. The van der Waals surface area contributed by atoms with Crippen LogP contribution in [0.25, 0.3) is 0 Å². The van der Waals surface area contributed by atoms with Gasteiger partial charge in [-0.25, -0.2) is 14.2 Å². The van der Waals surface area contributed by atoms with Gasteiger partial charge in [0, 0.05) is 16.6 Å². The number of phenols is 2. The Morgan fingerprint density at radius 1 is 0.921 bits per heavy atom. The van der Waals surface area contributed by atoms with Crippen molar-refractivity contribution in [2.24, 2.45) is 0 Å². The topological polar surface area (TPSA) is 194 Å². The van der Waals surface area contributed by atoms with E-state index >= 15 is 0 Å². The fraction of sp³-hybridized carbons (Fsp3) is 0.308. The third kappa shape index (κ3) is 16.3. The molecular formula is C26H35O11P. The van der Waals surface area contributed by atoms with Crippen LogP contribution < -0.4 is 0 Å².